The van der Waals surface area contributed by atoms with Crippen LogP contribution in [0.2, 0.25) is 0 Å². The Kier molecular flexibility index (Phi) is 9.77. The van der Waals surface area contributed by atoms with Crippen LogP contribution in [-0.4, -0.2) is 60.0 Å². The smallest absolute Gasteiger partial charge is 0.408 e. The summed E-state index contributed by atoms with van der Waals surface area (Å²) >= 11 is 0. The first-order valence-electron chi connectivity index (χ1n) is 10.8. The minimum absolute atomic E-state index is 0.0789. The summed E-state index contributed by atoms with van der Waals surface area (Å²) in [6, 6.07) is 2.75. The Morgan fingerprint density at radius 3 is 2.56 bits per heavy atom. The Morgan fingerprint density at radius 1 is 1.29 bits per heavy atom. The highest BCUT2D eigenvalue weighted by Crippen LogP contribution is 2.20. The zero-order valence-corrected chi connectivity index (χ0v) is 19.7. The molecule has 1 aromatic rings. The number of hydrogen-bond acceptors (Lipinski definition) is 7. The number of ether oxygens (including phenoxy) is 1. The van der Waals surface area contributed by atoms with Gasteiger partial charge in [-0.05, 0) is 42.9 Å². The van der Waals surface area contributed by atoms with Crippen LogP contribution in [0, 0.1) is 17.7 Å². The van der Waals surface area contributed by atoms with E-state index in [1.165, 1.54) is 18.2 Å². The molecule has 11 nitrogen and oxygen atoms in total. The molecule has 0 radical (unpaired) electrons. The summed E-state index contributed by atoms with van der Waals surface area (Å²) in [6.07, 6.45) is -0.702. The van der Waals surface area contributed by atoms with Gasteiger partial charge in [0.25, 0.3) is 10.1 Å². The molecule has 0 aromatic heterocycles. The zero-order chi connectivity index (χ0) is 25.5. The third-order valence-electron chi connectivity index (χ3n) is 5.25. The van der Waals surface area contributed by atoms with Gasteiger partial charge >= 0.3 is 6.09 Å². The van der Waals surface area contributed by atoms with E-state index in [9.17, 15) is 36.9 Å². The Bertz CT molecular complexity index is 988. The summed E-state index contributed by atoms with van der Waals surface area (Å²) in [7, 11) is -4.95. The highest BCUT2D eigenvalue weighted by atomic mass is 32.2. The van der Waals surface area contributed by atoms with Gasteiger partial charge in [0.1, 0.15) is 18.5 Å². The van der Waals surface area contributed by atoms with E-state index < -0.39 is 51.4 Å². The second kappa shape index (κ2) is 12.1. The Hall–Kier alpha value is -2.77. The topological polar surface area (TPSA) is 171 Å². The molecule has 1 heterocycles. The van der Waals surface area contributed by atoms with Crippen molar-refractivity contribution in [3.05, 3.63) is 35.6 Å². The van der Waals surface area contributed by atoms with E-state index >= 15 is 0 Å². The molecule has 0 aliphatic carbocycles. The van der Waals surface area contributed by atoms with Crippen molar-refractivity contribution in [2.24, 2.45) is 11.8 Å². The quantitative estimate of drug-likeness (QED) is 0.274. The van der Waals surface area contributed by atoms with E-state index in [0.717, 1.165) is 0 Å². The monoisotopic (exact) mass is 503 g/mol. The Morgan fingerprint density at radius 2 is 2.00 bits per heavy atom. The van der Waals surface area contributed by atoms with E-state index in [-0.39, 0.29) is 31.3 Å². The number of aliphatic hydroxyl groups is 1. The molecule has 5 N–H and O–H groups in total. The summed E-state index contributed by atoms with van der Waals surface area (Å²) in [5.41, 5.74) is -1.98. The number of rotatable bonds is 11. The second-order valence-corrected chi connectivity index (χ2v) is 10.1. The van der Waals surface area contributed by atoms with E-state index in [2.05, 4.69) is 16.0 Å². The van der Waals surface area contributed by atoms with Crippen LogP contribution in [0.3, 0.4) is 0 Å². The average molecular weight is 504 g/mol. The highest BCUT2D eigenvalue weighted by molar-refractivity contribution is 7.86. The molecule has 1 fully saturated rings. The van der Waals surface area contributed by atoms with Crippen LogP contribution in [0.25, 0.3) is 0 Å². The third-order valence-corrected chi connectivity index (χ3v) is 6.19. The fourth-order valence-corrected chi connectivity index (χ4v) is 4.17. The molecule has 3 unspecified atom stereocenters. The maximum absolute atomic E-state index is 13.3. The van der Waals surface area contributed by atoms with Crippen LogP contribution in [0.5, 0.6) is 0 Å². The molecule has 1 aliphatic heterocycles. The van der Waals surface area contributed by atoms with Crippen LogP contribution < -0.4 is 16.0 Å². The van der Waals surface area contributed by atoms with Gasteiger partial charge in [-0.25, -0.2) is 9.18 Å². The summed E-state index contributed by atoms with van der Waals surface area (Å²) in [4.78, 5) is 37.1. The number of benzene rings is 1. The summed E-state index contributed by atoms with van der Waals surface area (Å²) in [6.45, 7) is 3.68. The molecule has 0 spiro atoms. The minimum Gasteiger partial charge on any atom is -0.445 e. The number of nitrogens with one attached hydrogen (secondary N) is 3. The van der Waals surface area contributed by atoms with Crippen LogP contribution in [0.1, 0.15) is 38.7 Å². The number of carbonyl (C=O) groups is 3. The summed E-state index contributed by atoms with van der Waals surface area (Å²) < 4.78 is 50.6. The van der Waals surface area contributed by atoms with Gasteiger partial charge in [-0.1, -0.05) is 26.0 Å². The third kappa shape index (κ3) is 8.54. The van der Waals surface area contributed by atoms with Crippen molar-refractivity contribution in [1.82, 2.24) is 16.0 Å². The lowest BCUT2D eigenvalue weighted by Crippen LogP contribution is -2.54. The molecule has 1 saturated heterocycles. The molecular formula is C21H30FN3O8S. The van der Waals surface area contributed by atoms with Crippen molar-refractivity contribution in [1.29, 1.82) is 0 Å². The highest BCUT2D eigenvalue weighted by Gasteiger charge is 2.37. The van der Waals surface area contributed by atoms with Crippen molar-refractivity contribution in [2.45, 2.75) is 57.2 Å². The molecule has 0 saturated carbocycles. The average Bonchev–Trinajstić information content (AvgIpc) is 3.14. The van der Waals surface area contributed by atoms with Crippen LogP contribution in [0.15, 0.2) is 24.3 Å². The predicted molar refractivity (Wildman–Crippen MR) is 118 cm³/mol. The molecule has 34 heavy (non-hydrogen) atoms. The first-order valence-corrected chi connectivity index (χ1v) is 12.3. The van der Waals surface area contributed by atoms with Gasteiger partial charge in [0.05, 0.1) is 6.04 Å². The van der Waals surface area contributed by atoms with Gasteiger partial charge in [0, 0.05) is 12.5 Å². The SMILES string of the molecule is CC(C)CC(NC(=O)OCc1cccc(F)c1)C(=O)N[C@@H](CC1CCNC1=O)C(O)S(=O)(=O)O. The maximum atomic E-state index is 13.3. The molecule has 3 amide bonds. The Balaban J connectivity index is 2.08. The van der Waals surface area contributed by atoms with Gasteiger partial charge in [-0.2, -0.15) is 8.42 Å². The lowest BCUT2D eigenvalue weighted by Gasteiger charge is -2.27. The predicted octanol–water partition coefficient (Wildman–Crippen LogP) is 0.684. The molecule has 4 atom stereocenters. The molecular weight excluding hydrogens is 473 g/mol. The normalized spacial score (nSPS) is 18.6. The maximum Gasteiger partial charge on any atom is 0.408 e. The van der Waals surface area contributed by atoms with Crippen molar-refractivity contribution in [3.8, 4) is 0 Å². The van der Waals surface area contributed by atoms with Gasteiger partial charge in [0.2, 0.25) is 17.3 Å². The number of alkyl carbamates (subject to hydrolysis) is 1. The van der Waals surface area contributed by atoms with E-state index in [4.69, 9.17) is 4.74 Å². The molecule has 0 bridgehead atoms. The first-order chi connectivity index (χ1) is 15.9. The lowest BCUT2D eigenvalue weighted by atomic mass is 9.97. The number of hydrogen-bond donors (Lipinski definition) is 5. The van der Waals surface area contributed by atoms with Gasteiger partial charge < -0.3 is 25.8 Å². The van der Waals surface area contributed by atoms with Crippen molar-refractivity contribution < 1.29 is 41.6 Å². The largest absolute Gasteiger partial charge is 0.445 e. The Labute approximate surface area is 197 Å². The minimum atomic E-state index is -4.95. The molecule has 13 heteroatoms. The fourth-order valence-electron chi connectivity index (χ4n) is 3.58. The van der Waals surface area contributed by atoms with E-state index in [1.807, 2.05) is 0 Å². The van der Waals surface area contributed by atoms with Gasteiger partial charge in [0.15, 0.2) is 0 Å². The number of amides is 3. The van der Waals surface area contributed by atoms with Gasteiger partial charge in [-0.3, -0.25) is 14.1 Å². The van der Waals surface area contributed by atoms with Crippen molar-refractivity contribution in [2.75, 3.05) is 6.54 Å². The summed E-state index contributed by atoms with van der Waals surface area (Å²) in [5.74, 6) is -2.45. The fraction of sp³-hybridized carbons (Fsp3) is 0.571. The van der Waals surface area contributed by atoms with Gasteiger partial charge in [-0.15, -0.1) is 0 Å². The second-order valence-electron chi connectivity index (χ2n) is 8.57. The van der Waals surface area contributed by atoms with Crippen molar-refractivity contribution >= 4 is 28.0 Å². The van der Waals surface area contributed by atoms with Crippen LogP contribution >= 0.6 is 0 Å². The first kappa shape index (κ1) is 27.5. The summed E-state index contributed by atoms with van der Waals surface area (Å²) in [5, 5.41) is 17.4. The molecule has 190 valence electrons. The molecule has 1 aromatic carbocycles. The number of halogens is 1. The number of carbonyl (C=O) groups excluding carboxylic acids is 3. The van der Waals surface area contributed by atoms with E-state index in [0.29, 0.717) is 18.5 Å². The zero-order valence-electron chi connectivity index (χ0n) is 18.9. The number of aliphatic hydroxyl groups excluding tert-OH is 1. The van der Waals surface area contributed by atoms with Crippen molar-refractivity contribution in [3.63, 3.8) is 0 Å². The standard InChI is InChI=1S/C21H30FN3O8S/c1-12(2)8-16(25-21(29)33-11-13-4-3-5-15(22)9-13)19(27)24-17(20(28)34(30,31)32)10-14-6-7-23-18(14)26/h3-5,9,12,14,16-17,20,28H,6-8,10-11H2,1-2H3,(H,23,26)(H,24,27)(H,25,29)(H,30,31,32)/t14?,16?,17-,20?/m0/s1. The lowest BCUT2D eigenvalue weighted by molar-refractivity contribution is -0.126. The molecule has 2 rings (SSSR count). The molecule has 1 aliphatic rings. The van der Waals surface area contributed by atoms with Crippen LogP contribution in [-0.2, 0) is 31.1 Å². The van der Waals surface area contributed by atoms with Crippen LogP contribution in [0.4, 0.5) is 9.18 Å². The van der Waals surface area contributed by atoms with E-state index in [1.54, 1.807) is 19.9 Å².